The van der Waals surface area contributed by atoms with Gasteiger partial charge in [0.1, 0.15) is 0 Å². The lowest BCUT2D eigenvalue weighted by Crippen LogP contribution is -1.92. The standard InChI is InChI=1S/C14H10BrN/c15-13-8-7-11-5-1-2-6-12(11)14(13)16-9-3-4-10-16/h1-10H. The van der Waals surface area contributed by atoms with E-state index in [2.05, 4.69) is 69.3 Å². The molecule has 0 unspecified atom stereocenters. The maximum Gasteiger partial charge on any atom is 0.0671 e. The number of hydrogen-bond acceptors (Lipinski definition) is 0. The van der Waals surface area contributed by atoms with Gasteiger partial charge in [-0.1, -0.05) is 30.3 Å². The van der Waals surface area contributed by atoms with Gasteiger partial charge in [0, 0.05) is 22.3 Å². The van der Waals surface area contributed by atoms with Gasteiger partial charge < -0.3 is 4.57 Å². The van der Waals surface area contributed by atoms with Crippen LogP contribution in [-0.4, -0.2) is 4.57 Å². The van der Waals surface area contributed by atoms with Gasteiger partial charge in [0.2, 0.25) is 0 Å². The molecule has 2 heteroatoms. The van der Waals surface area contributed by atoms with Gasteiger partial charge in [0.05, 0.1) is 5.69 Å². The van der Waals surface area contributed by atoms with Crippen molar-refractivity contribution in [2.24, 2.45) is 0 Å². The fraction of sp³-hybridized carbons (Fsp3) is 0. The molecule has 0 saturated carbocycles. The second kappa shape index (κ2) is 3.80. The van der Waals surface area contributed by atoms with Crippen LogP contribution in [0.25, 0.3) is 16.5 Å². The fourth-order valence-corrected chi connectivity index (χ4v) is 2.53. The van der Waals surface area contributed by atoms with E-state index < -0.39 is 0 Å². The molecule has 0 bridgehead atoms. The van der Waals surface area contributed by atoms with Gasteiger partial charge in [0.25, 0.3) is 0 Å². The van der Waals surface area contributed by atoms with Crippen molar-refractivity contribution >= 4 is 26.7 Å². The summed E-state index contributed by atoms with van der Waals surface area (Å²) in [5.41, 5.74) is 1.20. The van der Waals surface area contributed by atoms with E-state index >= 15 is 0 Å². The Labute approximate surface area is 102 Å². The van der Waals surface area contributed by atoms with Crippen LogP contribution in [0.2, 0.25) is 0 Å². The highest BCUT2D eigenvalue weighted by Crippen LogP contribution is 2.29. The first-order valence-electron chi connectivity index (χ1n) is 5.17. The van der Waals surface area contributed by atoms with Gasteiger partial charge in [-0.25, -0.2) is 0 Å². The molecule has 0 spiro atoms. The number of halogens is 1. The van der Waals surface area contributed by atoms with Crippen molar-refractivity contribution in [3.8, 4) is 5.69 Å². The highest BCUT2D eigenvalue weighted by molar-refractivity contribution is 9.10. The molecule has 3 aromatic rings. The zero-order valence-electron chi connectivity index (χ0n) is 8.60. The highest BCUT2D eigenvalue weighted by Gasteiger charge is 2.06. The Kier molecular flexibility index (Phi) is 2.29. The van der Waals surface area contributed by atoms with E-state index in [1.807, 2.05) is 12.1 Å². The summed E-state index contributed by atoms with van der Waals surface area (Å²) < 4.78 is 3.24. The number of fused-ring (bicyclic) bond motifs is 1. The molecule has 0 atom stereocenters. The molecule has 0 aliphatic carbocycles. The van der Waals surface area contributed by atoms with Gasteiger partial charge in [-0.3, -0.25) is 0 Å². The van der Waals surface area contributed by atoms with Crippen LogP contribution in [-0.2, 0) is 0 Å². The summed E-state index contributed by atoms with van der Waals surface area (Å²) in [6.45, 7) is 0. The van der Waals surface area contributed by atoms with Crippen molar-refractivity contribution in [3.63, 3.8) is 0 Å². The fourth-order valence-electron chi connectivity index (χ4n) is 1.97. The van der Waals surface area contributed by atoms with Crippen molar-refractivity contribution in [2.75, 3.05) is 0 Å². The van der Waals surface area contributed by atoms with E-state index in [1.165, 1.54) is 16.5 Å². The maximum atomic E-state index is 3.62. The topological polar surface area (TPSA) is 4.93 Å². The predicted molar refractivity (Wildman–Crippen MR) is 71.0 cm³/mol. The summed E-state index contributed by atoms with van der Waals surface area (Å²) in [7, 11) is 0. The Morgan fingerprint density at radius 2 is 1.56 bits per heavy atom. The molecule has 0 aliphatic rings. The molecule has 1 heterocycles. The van der Waals surface area contributed by atoms with Crippen LogP contribution < -0.4 is 0 Å². The van der Waals surface area contributed by atoms with E-state index in [-0.39, 0.29) is 0 Å². The zero-order valence-corrected chi connectivity index (χ0v) is 10.2. The van der Waals surface area contributed by atoms with Crippen molar-refractivity contribution in [1.82, 2.24) is 4.57 Å². The summed E-state index contributed by atoms with van der Waals surface area (Å²) in [5.74, 6) is 0. The van der Waals surface area contributed by atoms with E-state index in [9.17, 15) is 0 Å². The minimum Gasteiger partial charge on any atom is -0.322 e. The molecule has 16 heavy (non-hydrogen) atoms. The van der Waals surface area contributed by atoms with Crippen molar-refractivity contribution < 1.29 is 0 Å². The highest BCUT2D eigenvalue weighted by atomic mass is 79.9. The molecule has 1 nitrogen and oxygen atoms in total. The SMILES string of the molecule is Brc1ccc2ccccc2c1-n1cccc1. The molecule has 0 fully saturated rings. The molecule has 0 N–H and O–H groups in total. The first kappa shape index (κ1) is 9.67. The Bertz CT molecular complexity index is 626. The molecule has 0 radical (unpaired) electrons. The summed E-state index contributed by atoms with van der Waals surface area (Å²) in [6, 6.07) is 16.7. The maximum absolute atomic E-state index is 3.62. The largest absolute Gasteiger partial charge is 0.322 e. The molecule has 2 aromatic carbocycles. The lowest BCUT2D eigenvalue weighted by molar-refractivity contribution is 1.09. The van der Waals surface area contributed by atoms with Crippen LogP contribution in [0.15, 0.2) is 65.4 Å². The first-order chi connectivity index (χ1) is 7.86. The number of benzene rings is 2. The van der Waals surface area contributed by atoms with Gasteiger partial charge in [0.15, 0.2) is 0 Å². The third-order valence-electron chi connectivity index (χ3n) is 2.71. The van der Waals surface area contributed by atoms with Crippen LogP contribution in [0, 0.1) is 0 Å². The molecule has 1 aromatic heterocycles. The minimum absolute atomic E-state index is 1.11. The minimum atomic E-state index is 1.11. The van der Waals surface area contributed by atoms with E-state index in [0.717, 1.165) is 4.47 Å². The number of hydrogen-bond donors (Lipinski definition) is 0. The molecular formula is C14H10BrN. The molecule has 0 amide bonds. The Hall–Kier alpha value is -1.54. The molecule has 0 saturated heterocycles. The number of aromatic nitrogens is 1. The summed E-state index contributed by atoms with van der Waals surface area (Å²) in [4.78, 5) is 0. The van der Waals surface area contributed by atoms with Crippen LogP contribution >= 0.6 is 15.9 Å². The second-order valence-corrected chi connectivity index (χ2v) is 4.56. The lowest BCUT2D eigenvalue weighted by Gasteiger charge is -2.10. The normalized spacial score (nSPS) is 10.8. The monoisotopic (exact) mass is 271 g/mol. The second-order valence-electron chi connectivity index (χ2n) is 3.71. The predicted octanol–water partition coefficient (Wildman–Crippen LogP) is 4.39. The Morgan fingerprint density at radius 1 is 0.812 bits per heavy atom. The first-order valence-corrected chi connectivity index (χ1v) is 5.96. The summed E-state index contributed by atoms with van der Waals surface area (Å²) in [6.07, 6.45) is 4.12. The van der Waals surface area contributed by atoms with Crippen molar-refractivity contribution in [3.05, 3.63) is 65.4 Å². The van der Waals surface area contributed by atoms with Gasteiger partial charge in [-0.05, 0) is 39.5 Å². The Morgan fingerprint density at radius 3 is 2.38 bits per heavy atom. The third-order valence-corrected chi connectivity index (χ3v) is 3.35. The van der Waals surface area contributed by atoms with Crippen molar-refractivity contribution in [1.29, 1.82) is 0 Å². The third kappa shape index (κ3) is 1.46. The Balaban J connectivity index is 2.42. The molecule has 0 aliphatic heterocycles. The van der Waals surface area contributed by atoms with Gasteiger partial charge in [-0.2, -0.15) is 0 Å². The van der Waals surface area contributed by atoms with Gasteiger partial charge in [-0.15, -0.1) is 0 Å². The van der Waals surface area contributed by atoms with Crippen molar-refractivity contribution in [2.45, 2.75) is 0 Å². The molecule has 3 rings (SSSR count). The van der Waals surface area contributed by atoms with Gasteiger partial charge >= 0.3 is 0 Å². The average Bonchev–Trinajstić information content (AvgIpc) is 2.82. The zero-order chi connectivity index (χ0) is 11.0. The van der Waals surface area contributed by atoms with E-state index in [4.69, 9.17) is 0 Å². The van der Waals surface area contributed by atoms with Crippen LogP contribution in [0.4, 0.5) is 0 Å². The van der Waals surface area contributed by atoms with Crippen LogP contribution in [0.3, 0.4) is 0 Å². The van der Waals surface area contributed by atoms with E-state index in [1.54, 1.807) is 0 Å². The van der Waals surface area contributed by atoms with Crippen LogP contribution in [0.5, 0.6) is 0 Å². The number of nitrogens with zero attached hydrogens (tertiary/aromatic N) is 1. The van der Waals surface area contributed by atoms with Crippen LogP contribution in [0.1, 0.15) is 0 Å². The summed E-state index contributed by atoms with van der Waals surface area (Å²) >= 11 is 3.62. The smallest absolute Gasteiger partial charge is 0.0671 e. The molecule has 78 valence electrons. The van der Waals surface area contributed by atoms with E-state index in [0.29, 0.717) is 0 Å². The molecular weight excluding hydrogens is 262 g/mol. The quantitative estimate of drug-likeness (QED) is 0.619. The lowest BCUT2D eigenvalue weighted by atomic mass is 10.1. The number of rotatable bonds is 1. The average molecular weight is 272 g/mol. The summed E-state index contributed by atoms with van der Waals surface area (Å²) in [5, 5.41) is 2.52.